The van der Waals surface area contributed by atoms with Crippen molar-refractivity contribution in [3.63, 3.8) is 0 Å². The largest absolute Gasteiger partial charge is 0.366 e. The molecule has 0 unspecified atom stereocenters. The molecular formula is C13H17N5O. The van der Waals surface area contributed by atoms with Gasteiger partial charge in [0.1, 0.15) is 12.2 Å². The molecule has 3 N–H and O–H groups in total. The standard InChI is InChI=1S/C13H17N5O/c1-18-9-16-17-12(18)6-7-15-8-10-2-4-11(5-3-10)13(14)19/h2-5,9,15H,6-8H2,1H3,(H2,14,19). The maximum Gasteiger partial charge on any atom is 0.248 e. The number of nitrogens with two attached hydrogens (primary N) is 1. The molecule has 2 aromatic rings. The van der Waals surface area contributed by atoms with E-state index in [9.17, 15) is 4.79 Å². The van der Waals surface area contributed by atoms with Gasteiger partial charge in [-0.3, -0.25) is 4.79 Å². The van der Waals surface area contributed by atoms with Crippen LogP contribution in [0.15, 0.2) is 30.6 Å². The number of aryl methyl sites for hydroxylation is 1. The second kappa shape index (κ2) is 6.10. The van der Waals surface area contributed by atoms with E-state index in [0.29, 0.717) is 5.56 Å². The molecule has 100 valence electrons. The Hall–Kier alpha value is -2.21. The Kier molecular flexibility index (Phi) is 4.25. The molecule has 0 atom stereocenters. The SMILES string of the molecule is Cn1cnnc1CCNCc1ccc(C(N)=O)cc1. The number of nitrogens with zero attached hydrogens (tertiary/aromatic N) is 3. The fourth-order valence-corrected chi connectivity index (χ4v) is 1.75. The van der Waals surface area contributed by atoms with Gasteiger partial charge in [-0.25, -0.2) is 0 Å². The van der Waals surface area contributed by atoms with Gasteiger partial charge in [0.25, 0.3) is 0 Å². The Morgan fingerprint density at radius 2 is 2.11 bits per heavy atom. The van der Waals surface area contributed by atoms with Crippen LogP contribution < -0.4 is 11.1 Å². The highest BCUT2D eigenvalue weighted by molar-refractivity contribution is 5.92. The van der Waals surface area contributed by atoms with E-state index in [0.717, 1.165) is 30.9 Å². The fourth-order valence-electron chi connectivity index (χ4n) is 1.75. The number of carbonyl (C=O) groups is 1. The van der Waals surface area contributed by atoms with Crippen molar-refractivity contribution in [3.05, 3.63) is 47.5 Å². The molecule has 0 aliphatic heterocycles. The van der Waals surface area contributed by atoms with Crippen LogP contribution in [0.25, 0.3) is 0 Å². The third kappa shape index (κ3) is 3.62. The lowest BCUT2D eigenvalue weighted by molar-refractivity contribution is 0.100. The minimum Gasteiger partial charge on any atom is -0.366 e. The smallest absolute Gasteiger partial charge is 0.248 e. The molecule has 0 aliphatic rings. The van der Waals surface area contributed by atoms with Gasteiger partial charge in [0.05, 0.1) is 0 Å². The minimum absolute atomic E-state index is 0.401. The van der Waals surface area contributed by atoms with E-state index in [1.54, 1.807) is 18.5 Å². The van der Waals surface area contributed by atoms with Crippen LogP contribution in [0, 0.1) is 0 Å². The molecule has 0 aliphatic carbocycles. The molecule has 0 saturated carbocycles. The maximum atomic E-state index is 10.9. The lowest BCUT2D eigenvalue weighted by atomic mass is 10.1. The van der Waals surface area contributed by atoms with Gasteiger partial charge in [0, 0.05) is 32.1 Å². The summed E-state index contributed by atoms with van der Waals surface area (Å²) in [5.41, 5.74) is 6.83. The van der Waals surface area contributed by atoms with Crippen molar-refractivity contribution < 1.29 is 4.79 Å². The zero-order chi connectivity index (χ0) is 13.7. The molecule has 0 radical (unpaired) electrons. The van der Waals surface area contributed by atoms with Gasteiger partial charge < -0.3 is 15.6 Å². The summed E-state index contributed by atoms with van der Waals surface area (Å²) in [4.78, 5) is 10.9. The van der Waals surface area contributed by atoms with Gasteiger partial charge in [-0.05, 0) is 17.7 Å². The number of nitrogens with one attached hydrogen (secondary N) is 1. The van der Waals surface area contributed by atoms with Crippen molar-refractivity contribution in [2.45, 2.75) is 13.0 Å². The van der Waals surface area contributed by atoms with Crippen LogP contribution in [0.5, 0.6) is 0 Å². The molecule has 0 saturated heterocycles. The van der Waals surface area contributed by atoms with Crippen LogP contribution in [0.2, 0.25) is 0 Å². The fraction of sp³-hybridized carbons (Fsp3) is 0.308. The number of hydrogen-bond donors (Lipinski definition) is 2. The first-order valence-corrected chi connectivity index (χ1v) is 6.09. The third-order valence-electron chi connectivity index (χ3n) is 2.90. The number of hydrogen-bond acceptors (Lipinski definition) is 4. The van der Waals surface area contributed by atoms with Crippen LogP contribution in [0.1, 0.15) is 21.7 Å². The average Bonchev–Trinajstić information content (AvgIpc) is 2.81. The molecule has 1 aromatic carbocycles. The van der Waals surface area contributed by atoms with E-state index < -0.39 is 5.91 Å². The molecule has 1 amide bonds. The Labute approximate surface area is 111 Å². The van der Waals surface area contributed by atoms with Crippen molar-refractivity contribution in [1.29, 1.82) is 0 Å². The monoisotopic (exact) mass is 259 g/mol. The average molecular weight is 259 g/mol. The minimum atomic E-state index is -0.401. The second-order valence-electron chi connectivity index (χ2n) is 4.35. The molecule has 2 rings (SSSR count). The molecule has 0 bridgehead atoms. The normalized spacial score (nSPS) is 10.6. The van der Waals surface area contributed by atoms with Crippen LogP contribution in [-0.2, 0) is 20.0 Å². The van der Waals surface area contributed by atoms with Crippen molar-refractivity contribution >= 4 is 5.91 Å². The third-order valence-corrected chi connectivity index (χ3v) is 2.90. The van der Waals surface area contributed by atoms with E-state index >= 15 is 0 Å². The summed E-state index contributed by atoms with van der Waals surface area (Å²) >= 11 is 0. The van der Waals surface area contributed by atoms with Gasteiger partial charge >= 0.3 is 0 Å². The number of rotatable bonds is 6. The number of amides is 1. The van der Waals surface area contributed by atoms with E-state index in [1.807, 2.05) is 23.7 Å². The van der Waals surface area contributed by atoms with Gasteiger partial charge in [0.15, 0.2) is 0 Å². The van der Waals surface area contributed by atoms with Gasteiger partial charge in [-0.1, -0.05) is 12.1 Å². The Morgan fingerprint density at radius 1 is 1.37 bits per heavy atom. The molecule has 0 fully saturated rings. The molecular weight excluding hydrogens is 242 g/mol. The van der Waals surface area contributed by atoms with Crippen LogP contribution in [0.3, 0.4) is 0 Å². The Morgan fingerprint density at radius 3 is 2.68 bits per heavy atom. The van der Waals surface area contributed by atoms with E-state index in [4.69, 9.17) is 5.73 Å². The highest BCUT2D eigenvalue weighted by atomic mass is 16.1. The lowest BCUT2D eigenvalue weighted by Crippen LogP contribution is -2.18. The Balaban J connectivity index is 1.76. The first-order chi connectivity index (χ1) is 9.16. The molecule has 6 nitrogen and oxygen atoms in total. The van der Waals surface area contributed by atoms with Gasteiger partial charge in [0.2, 0.25) is 5.91 Å². The van der Waals surface area contributed by atoms with E-state index in [1.165, 1.54) is 0 Å². The summed E-state index contributed by atoms with van der Waals surface area (Å²) in [5.74, 6) is 0.554. The van der Waals surface area contributed by atoms with E-state index in [-0.39, 0.29) is 0 Å². The maximum absolute atomic E-state index is 10.9. The highest BCUT2D eigenvalue weighted by Gasteiger charge is 2.01. The van der Waals surface area contributed by atoms with Crippen molar-refractivity contribution in [1.82, 2.24) is 20.1 Å². The predicted molar refractivity (Wildman–Crippen MR) is 71.4 cm³/mol. The second-order valence-corrected chi connectivity index (χ2v) is 4.35. The van der Waals surface area contributed by atoms with Gasteiger partial charge in [-0.2, -0.15) is 0 Å². The Bertz CT molecular complexity index is 546. The zero-order valence-electron chi connectivity index (χ0n) is 10.8. The first kappa shape index (κ1) is 13.2. The van der Waals surface area contributed by atoms with Crippen molar-refractivity contribution in [3.8, 4) is 0 Å². The summed E-state index contributed by atoms with van der Waals surface area (Å²) in [6, 6.07) is 7.27. The first-order valence-electron chi connectivity index (χ1n) is 6.09. The number of aromatic nitrogens is 3. The molecule has 19 heavy (non-hydrogen) atoms. The summed E-state index contributed by atoms with van der Waals surface area (Å²) in [6.45, 7) is 1.57. The molecule has 0 spiro atoms. The predicted octanol–water partition coefficient (Wildman–Crippen LogP) is 0.246. The van der Waals surface area contributed by atoms with Crippen molar-refractivity contribution in [2.75, 3.05) is 6.54 Å². The van der Waals surface area contributed by atoms with Crippen LogP contribution in [-0.4, -0.2) is 27.2 Å². The van der Waals surface area contributed by atoms with Crippen LogP contribution in [0.4, 0.5) is 0 Å². The summed E-state index contributed by atoms with van der Waals surface area (Å²) < 4.78 is 1.91. The number of carbonyl (C=O) groups excluding carboxylic acids is 1. The lowest BCUT2D eigenvalue weighted by Gasteiger charge is -2.05. The quantitative estimate of drug-likeness (QED) is 0.728. The summed E-state index contributed by atoms with van der Waals surface area (Å²) in [6.07, 6.45) is 2.52. The van der Waals surface area contributed by atoms with Crippen molar-refractivity contribution in [2.24, 2.45) is 12.8 Å². The zero-order valence-corrected chi connectivity index (χ0v) is 10.8. The number of benzene rings is 1. The summed E-state index contributed by atoms with van der Waals surface area (Å²) in [7, 11) is 1.93. The molecule has 1 heterocycles. The summed E-state index contributed by atoms with van der Waals surface area (Å²) in [5, 5.41) is 11.2. The van der Waals surface area contributed by atoms with Gasteiger partial charge in [-0.15, -0.1) is 10.2 Å². The topological polar surface area (TPSA) is 85.8 Å². The van der Waals surface area contributed by atoms with E-state index in [2.05, 4.69) is 15.5 Å². The highest BCUT2D eigenvalue weighted by Crippen LogP contribution is 2.03. The number of primary amides is 1. The molecule has 1 aromatic heterocycles. The molecule has 6 heteroatoms. The van der Waals surface area contributed by atoms with Crippen LogP contribution >= 0.6 is 0 Å².